The van der Waals surface area contributed by atoms with Crippen LogP contribution in [0.25, 0.3) is 0 Å². The van der Waals surface area contributed by atoms with E-state index in [0.717, 1.165) is 25.7 Å². The molecule has 0 saturated heterocycles. The summed E-state index contributed by atoms with van der Waals surface area (Å²) >= 11 is 6.04. The number of anilines is 2. The minimum Gasteiger partial charge on any atom is -0.327 e. The van der Waals surface area contributed by atoms with Crippen LogP contribution in [-0.2, 0) is 9.59 Å². The van der Waals surface area contributed by atoms with Gasteiger partial charge in [-0.15, -0.1) is 0 Å². The van der Waals surface area contributed by atoms with Gasteiger partial charge in [0.1, 0.15) is 0 Å². The van der Waals surface area contributed by atoms with Crippen LogP contribution in [0.4, 0.5) is 11.4 Å². The van der Waals surface area contributed by atoms with E-state index < -0.39 is 0 Å². The van der Waals surface area contributed by atoms with Gasteiger partial charge in [0.25, 0.3) is 0 Å². The average molecular weight is 350 g/mol. The molecule has 5 nitrogen and oxygen atoms in total. The zero-order valence-corrected chi connectivity index (χ0v) is 14.6. The van der Waals surface area contributed by atoms with E-state index in [4.69, 9.17) is 17.3 Å². The molecule has 2 aliphatic carbocycles. The van der Waals surface area contributed by atoms with Crippen molar-refractivity contribution >= 4 is 34.8 Å². The molecule has 1 aromatic carbocycles. The van der Waals surface area contributed by atoms with Gasteiger partial charge in [-0.2, -0.15) is 0 Å². The Kier molecular flexibility index (Phi) is 5.11. The van der Waals surface area contributed by atoms with Crippen LogP contribution in [0.2, 0.25) is 5.02 Å². The Morgan fingerprint density at radius 3 is 2.42 bits per heavy atom. The maximum absolute atomic E-state index is 12.7. The molecular formula is C18H24ClN3O2. The second-order valence-corrected chi connectivity index (χ2v) is 7.49. The van der Waals surface area contributed by atoms with E-state index in [1.54, 1.807) is 18.2 Å². The van der Waals surface area contributed by atoms with Crippen molar-refractivity contribution in [2.75, 3.05) is 10.6 Å². The first-order valence-electron chi connectivity index (χ1n) is 8.57. The van der Waals surface area contributed by atoms with Crippen LogP contribution >= 0.6 is 11.6 Å². The minimum atomic E-state index is -0.189. The fourth-order valence-corrected chi connectivity index (χ4v) is 4.33. The van der Waals surface area contributed by atoms with Gasteiger partial charge in [-0.25, -0.2) is 0 Å². The summed E-state index contributed by atoms with van der Waals surface area (Å²) in [6.45, 7) is 1.43. The highest BCUT2D eigenvalue weighted by Gasteiger charge is 2.40. The number of nitrogens with two attached hydrogens (primary N) is 1. The van der Waals surface area contributed by atoms with Crippen molar-refractivity contribution in [1.82, 2.24) is 0 Å². The van der Waals surface area contributed by atoms with Gasteiger partial charge in [-0.05, 0) is 55.7 Å². The van der Waals surface area contributed by atoms with Crippen LogP contribution in [-0.4, -0.2) is 17.9 Å². The summed E-state index contributed by atoms with van der Waals surface area (Å²) in [5.41, 5.74) is 7.41. The van der Waals surface area contributed by atoms with Gasteiger partial charge in [-0.3, -0.25) is 9.59 Å². The molecular weight excluding hydrogens is 326 g/mol. The van der Waals surface area contributed by atoms with Crippen LogP contribution < -0.4 is 16.4 Å². The number of benzene rings is 1. The van der Waals surface area contributed by atoms with E-state index in [9.17, 15) is 9.59 Å². The molecule has 2 fully saturated rings. The van der Waals surface area contributed by atoms with E-state index in [-0.39, 0.29) is 23.8 Å². The predicted octanol–water partition coefficient (Wildman–Crippen LogP) is 3.39. The van der Waals surface area contributed by atoms with Crippen LogP contribution in [0.1, 0.15) is 39.0 Å². The number of amides is 2. The molecule has 0 aromatic heterocycles. The maximum Gasteiger partial charge on any atom is 0.227 e. The number of nitrogens with one attached hydrogen (secondary N) is 2. The number of hydrogen-bond acceptors (Lipinski definition) is 3. The molecule has 3 rings (SSSR count). The van der Waals surface area contributed by atoms with E-state index in [1.165, 1.54) is 13.3 Å². The molecule has 2 amide bonds. The first kappa shape index (κ1) is 17.2. The molecule has 0 radical (unpaired) electrons. The molecule has 0 heterocycles. The lowest BCUT2D eigenvalue weighted by atomic mass is 9.65. The van der Waals surface area contributed by atoms with Gasteiger partial charge < -0.3 is 16.4 Å². The van der Waals surface area contributed by atoms with Gasteiger partial charge in [-0.1, -0.05) is 18.0 Å². The first-order valence-corrected chi connectivity index (χ1v) is 8.95. The smallest absolute Gasteiger partial charge is 0.227 e. The van der Waals surface area contributed by atoms with Gasteiger partial charge in [0.2, 0.25) is 11.8 Å². The number of hydrogen-bond donors (Lipinski definition) is 3. The molecule has 2 saturated carbocycles. The summed E-state index contributed by atoms with van der Waals surface area (Å²) in [7, 11) is 0. The zero-order chi connectivity index (χ0) is 17.3. The fourth-order valence-electron chi connectivity index (χ4n) is 4.16. The topological polar surface area (TPSA) is 84.2 Å². The standard InChI is InChI=1S/C18H24ClN3O2/c1-10(23)21-15-6-5-14(19)9-16(15)22-18(24)13-7-11-3-2-4-12(8-13)17(11)20/h5-6,9,11-13,17H,2-4,7-8,20H2,1H3,(H,21,23)(H,22,24). The second-order valence-electron chi connectivity index (χ2n) is 7.06. The molecule has 2 bridgehead atoms. The van der Waals surface area contributed by atoms with Gasteiger partial charge in [0.15, 0.2) is 0 Å². The number of fused-ring (bicyclic) bond motifs is 2. The summed E-state index contributed by atoms with van der Waals surface area (Å²) in [6, 6.07) is 5.29. The van der Waals surface area contributed by atoms with E-state index in [1.807, 2.05) is 0 Å². The van der Waals surface area contributed by atoms with E-state index in [2.05, 4.69) is 10.6 Å². The molecule has 2 atom stereocenters. The van der Waals surface area contributed by atoms with Crippen LogP contribution in [0.15, 0.2) is 18.2 Å². The number of carbonyl (C=O) groups is 2. The Hall–Kier alpha value is -1.59. The van der Waals surface area contributed by atoms with Crippen LogP contribution in [0.3, 0.4) is 0 Å². The lowest BCUT2D eigenvalue weighted by molar-refractivity contribution is -0.122. The molecule has 6 heteroatoms. The Bertz CT molecular complexity index is 635. The second kappa shape index (κ2) is 7.11. The summed E-state index contributed by atoms with van der Waals surface area (Å²) in [6.07, 6.45) is 5.16. The van der Waals surface area contributed by atoms with E-state index in [0.29, 0.717) is 28.2 Å². The zero-order valence-electron chi connectivity index (χ0n) is 13.8. The number of carbonyl (C=O) groups excluding carboxylic acids is 2. The Morgan fingerprint density at radius 1 is 1.12 bits per heavy atom. The van der Waals surface area contributed by atoms with E-state index >= 15 is 0 Å². The molecule has 24 heavy (non-hydrogen) atoms. The van der Waals surface area contributed by atoms with Gasteiger partial charge in [0, 0.05) is 23.9 Å². The molecule has 4 N–H and O–H groups in total. The van der Waals surface area contributed by atoms with Crippen molar-refractivity contribution in [3.63, 3.8) is 0 Å². The minimum absolute atomic E-state index is 0.00679. The van der Waals surface area contributed by atoms with Crippen molar-refractivity contribution in [1.29, 1.82) is 0 Å². The summed E-state index contributed by atoms with van der Waals surface area (Å²) in [4.78, 5) is 24.1. The third-order valence-corrected chi connectivity index (χ3v) is 5.57. The first-order chi connectivity index (χ1) is 11.4. The average Bonchev–Trinajstić information content (AvgIpc) is 2.49. The Labute approximate surface area is 147 Å². The molecule has 1 aromatic rings. The fraction of sp³-hybridized carbons (Fsp3) is 0.556. The van der Waals surface area contributed by atoms with Gasteiger partial charge in [0.05, 0.1) is 11.4 Å². The predicted molar refractivity (Wildman–Crippen MR) is 95.9 cm³/mol. The normalized spacial score (nSPS) is 29.0. The Balaban J connectivity index is 1.73. The highest BCUT2D eigenvalue weighted by Crippen LogP contribution is 2.42. The third-order valence-electron chi connectivity index (χ3n) is 5.33. The quantitative estimate of drug-likeness (QED) is 0.782. The van der Waals surface area contributed by atoms with Crippen molar-refractivity contribution in [2.45, 2.75) is 45.1 Å². The molecule has 130 valence electrons. The van der Waals surface area contributed by atoms with Crippen molar-refractivity contribution in [2.24, 2.45) is 23.5 Å². The monoisotopic (exact) mass is 349 g/mol. The third kappa shape index (κ3) is 3.73. The van der Waals surface area contributed by atoms with Crippen LogP contribution in [0.5, 0.6) is 0 Å². The highest BCUT2D eigenvalue weighted by atomic mass is 35.5. The van der Waals surface area contributed by atoms with Crippen LogP contribution in [0, 0.1) is 17.8 Å². The van der Waals surface area contributed by atoms with Gasteiger partial charge >= 0.3 is 0 Å². The summed E-state index contributed by atoms with van der Waals surface area (Å²) in [5.74, 6) is 0.674. The summed E-state index contributed by atoms with van der Waals surface area (Å²) < 4.78 is 0. The van der Waals surface area contributed by atoms with Crippen molar-refractivity contribution in [3.8, 4) is 0 Å². The maximum atomic E-state index is 12.7. The highest BCUT2D eigenvalue weighted by molar-refractivity contribution is 6.31. The molecule has 2 aliphatic rings. The number of halogens is 1. The Morgan fingerprint density at radius 2 is 1.79 bits per heavy atom. The largest absolute Gasteiger partial charge is 0.327 e. The SMILES string of the molecule is CC(=O)Nc1ccc(Cl)cc1NC(=O)C1CC2CCCC(C1)C2N. The molecule has 0 aliphatic heterocycles. The number of rotatable bonds is 3. The summed E-state index contributed by atoms with van der Waals surface area (Å²) in [5, 5.41) is 6.19. The molecule has 0 spiro atoms. The lowest BCUT2D eigenvalue weighted by Gasteiger charge is -2.43. The molecule has 2 unspecified atom stereocenters. The lowest BCUT2D eigenvalue weighted by Crippen LogP contribution is -2.48. The van der Waals surface area contributed by atoms with Crippen molar-refractivity contribution < 1.29 is 9.59 Å². The van der Waals surface area contributed by atoms with Crippen molar-refractivity contribution in [3.05, 3.63) is 23.2 Å².